The number of benzene rings is 1. The predicted molar refractivity (Wildman–Crippen MR) is 79.8 cm³/mol. The number of amides is 1. The highest BCUT2D eigenvalue weighted by atomic mass is 16.4. The Morgan fingerprint density at radius 1 is 1.09 bits per heavy atom. The van der Waals surface area contributed by atoms with E-state index in [-0.39, 0.29) is 11.5 Å². The van der Waals surface area contributed by atoms with Gasteiger partial charge < -0.3 is 15.5 Å². The van der Waals surface area contributed by atoms with Crippen molar-refractivity contribution in [3.05, 3.63) is 41.5 Å². The first-order chi connectivity index (χ1) is 10.4. The van der Waals surface area contributed by atoms with Gasteiger partial charge in [-0.25, -0.2) is 4.79 Å². The predicted octanol–water partition coefficient (Wildman–Crippen LogP) is 2.30. The van der Waals surface area contributed by atoms with Gasteiger partial charge >= 0.3 is 11.9 Å². The second kappa shape index (κ2) is 6.43. The first-order valence-corrected chi connectivity index (χ1v) is 6.92. The van der Waals surface area contributed by atoms with Gasteiger partial charge in [-0.1, -0.05) is 12.2 Å². The smallest absolute Gasteiger partial charge is 0.335 e. The Balaban J connectivity index is 2.16. The molecule has 1 aromatic carbocycles. The molecule has 0 unspecified atom stereocenters. The van der Waals surface area contributed by atoms with E-state index in [9.17, 15) is 19.5 Å². The van der Waals surface area contributed by atoms with E-state index in [0.717, 1.165) is 0 Å². The van der Waals surface area contributed by atoms with Gasteiger partial charge in [-0.2, -0.15) is 0 Å². The molecule has 0 heterocycles. The van der Waals surface area contributed by atoms with Crippen LogP contribution in [-0.2, 0) is 9.59 Å². The summed E-state index contributed by atoms with van der Waals surface area (Å²) < 4.78 is 0. The van der Waals surface area contributed by atoms with Crippen LogP contribution in [0.2, 0.25) is 0 Å². The van der Waals surface area contributed by atoms with Crippen LogP contribution in [-0.4, -0.2) is 28.1 Å². The summed E-state index contributed by atoms with van der Waals surface area (Å²) in [4.78, 5) is 34.4. The van der Waals surface area contributed by atoms with E-state index in [1.165, 1.54) is 18.2 Å². The standard InChI is InChI=1S/C16H17NO5/c1-9-8-10(15(19)20)6-7-13(9)17-14(18)11-4-2-3-5-12(11)16(21)22/h2-3,6-8,11-12H,4-5H2,1H3,(H,17,18)(H,19,20)(H,21,22)/t11-,12+/m0/s1. The maximum atomic E-state index is 12.3. The molecule has 22 heavy (non-hydrogen) atoms. The number of aryl methyl sites for hydroxylation is 1. The normalized spacial score (nSPS) is 20.4. The Morgan fingerprint density at radius 3 is 2.27 bits per heavy atom. The molecule has 0 aliphatic heterocycles. The molecule has 0 radical (unpaired) electrons. The number of hydrogen-bond donors (Lipinski definition) is 3. The Bertz CT molecular complexity index is 650. The number of hydrogen-bond acceptors (Lipinski definition) is 3. The van der Waals surface area contributed by atoms with Gasteiger partial charge in [0, 0.05) is 5.69 Å². The van der Waals surface area contributed by atoms with Crippen molar-refractivity contribution in [1.29, 1.82) is 0 Å². The van der Waals surface area contributed by atoms with Crippen molar-refractivity contribution in [2.75, 3.05) is 5.32 Å². The van der Waals surface area contributed by atoms with Crippen molar-refractivity contribution >= 4 is 23.5 Å². The molecule has 0 saturated carbocycles. The van der Waals surface area contributed by atoms with E-state index in [1.807, 2.05) is 6.08 Å². The fourth-order valence-electron chi connectivity index (χ4n) is 2.54. The van der Waals surface area contributed by atoms with Gasteiger partial charge in [-0.3, -0.25) is 9.59 Å². The molecule has 0 saturated heterocycles. The summed E-state index contributed by atoms with van der Waals surface area (Å²) in [5.41, 5.74) is 1.25. The number of carboxylic acids is 2. The number of nitrogens with one attached hydrogen (secondary N) is 1. The Kier molecular flexibility index (Phi) is 4.60. The fourth-order valence-corrected chi connectivity index (χ4v) is 2.54. The zero-order valence-electron chi connectivity index (χ0n) is 12.1. The van der Waals surface area contributed by atoms with Crippen molar-refractivity contribution < 1.29 is 24.6 Å². The molecule has 1 amide bonds. The summed E-state index contributed by atoms with van der Waals surface area (Å²) in [7, 11) is 0. The van der Waals surface area contributed by atoms with E-state index in [2.05, 4.69) is 5.32 Å². The van der Waals surface area contributed by atoms with Crippen LogP contribution in [0.1, 0.15) is 28.8 Å². The summed E-state index contributed by atoms with van der Waals surface area (Å²) >= 11 is 0. The lowest BCUT2D eigenvalue weighted by molar-refractivity contribution is -0.146. The molecule has 1 aliphatic rings. The highest BCUT2D eigenvalue weighted by molar-refractivity contribution is 5.97. The van der Waals surface area contributed by atoms with Gasteiger partial charge in [0.05, 0.1) is 17.4 Å². The van der Waals surface area contributed by atoms with Gasteiger partial charge in [0.25, 0.3) is 0 Å². The molecule has 0 aromatic heterocycles. The second-order valence-electron chi connectivity index (χ2n) is 5.32. The van der Waals surface area contributed by atoms with Crippen LogP contribution in [0, 0.1) is 18.8 Å². The topological polar surface area (TPSA) is 104 Å². The lowest BCUT2D eigenvalue weighted by Gasteiger charge is -2.24. The fraction of sp³-hybridized carbons (Fsp3) is 0.312. The average Bonchev–Trinajstić information content (AvgIpc) is 2.48. The van der Waals surface area contributed by atoms with Crippen molar-refractivity contribution in [3.63, 3.8) is 0 Å². The van der Waals surface area contributed by atoms with Crippen LogP contribution in [0.25, 0.3) is 0 Å². The molecule has 1 aromatic rings. The summed E-state index contributed by atoms with van der Waals surface area (Å²) in [5.74, 6) is -3.74. The average molecular weight is 303 g/mol. The summed E-state index contributed by atoms with van der Waals surface area (Å²) in [6, 6.07) is 4.39. The van der Waals surface area contributed by atoms with Crippen LogP contribution in [0.5, 0.6) is 0 Å². The van der Waals surface area contributed by atoms with Crippen molar-refractivity contribution in [3.8, 4) is 0 Å². The number of carbonyl (C=O) groups excluding carboxylic acids is 1. The number of aliphatic carboxylic acids is 1. The third-order valence-corrected chi connectivity index (χ3v) is 3.82. The van der Waals surface area contributed by atoms with Crippen LogP contribution >= 0.6 is 0 Å². The van der Waals surface area contributed by atoms with Crippen molar-refractivity contribution in [2.24, 2.45) is 11.8 Å². The number of rotatable bonds is 4. The quantitative estimate of drug-likeness (QED) is 0.740. The van der Waals surface area contributed by atoms with Crippen LogP contribution in [0.3, 0.4) is 0 Å². The highest BCUT2D eigenvalue weighted by Gasteiger charge is 2.34. The van der Waals surface area contributed by atoms with E-state index in [1.54, 1.807) is 13.0 Å². The van der Waals surface area contributed by atoms with E-state index < -0.39 is 23.8 Å². The van der Waals surface area contributed by atoms with Crippen LogP contribution < -0.4 is 5.32 Å². The Labute approximate surface area is 127 Å². The third-order valence-electron chi connectivity index (χ3n) is 3.82. The number of allylic oxidation sites excluding steroid dienone is 2. The second-order valence-corrected chi connectivity index (χ2v) is 5.32. The Hall–Kier alpha value is -2.63. The molecule has 6 heteroatoms. The highest BCUT2D eigenvalue weighted by Crippen LogP contribution is 2.28. The van der Waals surface area contributed by atoms with E-state index in [0.29, 0.717) is 24.1 Å². The minimum absolute atomic E-state index is 0.138. The lowest BCUT2D eigenvalue weighted by Crippen LogP contribution is -2.34. The number of carboxylic acid groups (broad SMARTS) is 2. The number of carbonyl (C=O) groups is 3. The first kappa shape index (κ1) is 15.8. The molecular weight excluding hydrogens is 286 g/mol. The first-order valence-electron chi connectivity index (χ1n) is 6.92. The minimum atomic E-state index is -1.04. The molecule has 3 N–H and O–H groups in total. The molecule has 2 atom stereocenters. The van der Waals surface area contributed by atoms with Crippen LogP contribution in [0.15, 0.2) is 30.4 Å². The summed E-state index contributed by atoms with van der Waals surface area (Å²) in [5, 5.41) is 20.8. The molecular formula is C16H17NO5. The summed E-state index contributed by atoms with van der Waals surface area (Å²) in [6.45, 7) is 1.69. The molecule has 0 bridgehead atoms. The zero-order valence-corrected chi connectivity index (χ0v) is 12.1. The van der Waals surface area contributed by atoms with Gasteiger partial charge in [0.15, 0.2) is 0 Å². The zero-order chi connectivity index (χ0) is 16.3. The molecule has 2 rings (SSSR count). The van der Waals surface area contributed by atoms with Crippen molar-refractivity contribution in [1.82, 2.24) is 0 Å². The minimum Gasteiger partial charge on any atom is -0.481 e. The maximum absolute atomic E-state index is 12.3. The largest absolute Gasteiger partial charge is 0.481 e. The molecule has 0 spiro atoms. The van der Waals surface area contributed by atoms with Gasteiger partial charge in [-0.05, 0) is 43.5 Å². The van der Waals surface area contributed by atoms with Crippen molar-refractivity contribution in [2.45, 2.75) is 19.8 Å². The van der Waals surface area contributed by atoms with E-state index in [4.69, 9.17) is 5.11 Å². The lowest BCUT2D eigenvalue weighted by atomic mass is 9.82. The Morgan fingerprint density at radius 2 is 1.73 bits per heavy atom. The van der Waals surface area contributed by atoms with Gasteiger partial charge in [0.1, 0.15) is 0 Å². The third kappa shape index (κ3) is 3.33. The maximum Gasteiger partial charge on any atom is 0.335 e. The molecule has 1 aliphatic carbocycles. The number of anilines is 1. The van der Waals surface area contributed by atoms with Gasteiger partial charge in [-0.15, -0.1) is 0 Å². The monoisotopic (exact) mass is 303 g/mol. The summed E-state index contributed by atoms with van der Waals surface area (Å²) in [6.07, 6.45) is 4.30. The van der Waals surface area contributed by atoms with Crippen LogP contribution in [0.4, 0.5) is 5.69 Å². The molecule has 0 fully saturated rings. The SMILES string of the molecule is Cc1cc(C(=O)O)ccc1NC(=O)[C@H]1CC=CC[C@H]1C(=O)O. The van der Waals surface area contributed by atoms with Gasteiger partial charge in [0.2, 0.25) is 5.91 Å². The number of aromatic carboxylic acids is 1. The molecule has 6 nitrogen and oxygen atoms in total. The molecule has 116 valence electrons. The van der Waals surface area contributed by atoms with E-state index >= 15 is 0 Å².